The minimum absolute atomic E-state index is 1.01. The monoisotopic (exact) mass is 316 g/mol. The average Bonchev–Trinajstić information content (AvgIpc) is 2.67. The molecular weight excluding hydrogens is 296 g/mol. The molecule has 3 rings (SSSR count). The molecule has 4 nitrogen and oxygen atoms in total. The lowest BCUT2D eigenvalue weighted by molar-refractivity contribution is 0.930. The zero-order valence-corrected chi connectivity index (χ0v) is 13.8. The zero-order valence-electron chi connectivity index (χ0n) is 13.8. The molecule has 4 heteroatoms. The Balaban J connectivity index is 1.84. The number of hydrogen-bond donors (Lipinski definition) is 2. The molecule has 0 saturated heterocycles. The first-order valence-electron chi connectivity index (χ1n) is 7.91. The van der Waals surface area contributed by atoms with Crippen LogP contribution in [0.4, 0.5) is 0 Å². The lowest BCUT2D eigenvalue weighted by Crippen LogP contribution is -2.26. The molecule has 1 aliphatic heterocycles. The second-order valence-corrected chi connectivity index (χ2v) is 5.34. The lowest BCUT2D eigenvalue weighted by atomic mass is 10.0. The van der Waals surface area contributed by atoms with E-state index in [1.807, 2.05) is 50.7 Å². The summed E-state index contributed by atoms with van der Waals surface area (Å²) in [6.45, 7) is 4.03. The van der Waals surface area contributed by atoms with Crippen LogP contribution in [0, 0.1) is 0 Å². The molecule has 0 aliphatic carbocycles. The minimum Gasteiger partial charge on any atom is -0.358 e. The van der Waals surface area contributed by atoms with E-state index in [4.69, 9.17) is 0 Å². The zero-order chi connectivity index (χ0) is 16.8. The van der Waals surface area contributed by atoms with E-state index in [0.29, 0.717) is 0 Å². The molecule has 1 aromatic heterocycles. The molecule has 1 aliphatic rings. The molecule has 2 N–H and O–H groups in total. The molecule has 0 fully saturated rings. The van der Waals surface area contributed by atoms with Crippen LogP contribution in [0.1, 0.15) is 19.4 Å². The number of nitrogens with zero attached hydrogens (tertiary/aromatic N) is 2. The van der Waals surface area contributed by atoms with Gasteiger partial charge in [-0.15, -0.1) is 0 Å². The van der Waals surface area contributed by atoms with Gasteiger partial charge in [0.15, 0.2) is 0 Å². The normalized spacial score (nSPS) is 17.7. The third-order valence-electron chi connectivity index (χ3n) is 3.77. The number of allylic oxidation sites excluding steroid dienone is 4. The quantitative estimate of drug-likeness (QED) is 0.898. The van der Waals surface area contributed by atoms with E-state index >= 15 is 0 Å². The Morgan fingerprint density at radius 3 is 2.25 bits per heavy atom. The standard InChI is InChI=1S/C20H20N4/c1-3-5-6-19-18(4-2)24-20(13-23-19)16-9-7-15(8-10-16)17-11-21-14-22-12-17/h3-14,23-24H,1-2H3/b5-3-,18-4+,19-6+. The van der Waals surface area contributed by atoms with Crippen molar-refractivity contribution in [1.82, 2.24) is 20.6 Å². The fourth-order valence-corrected chi connectivity index (χ4v) is 2.48. The maximum absolute atomic E-state index is 4.06. The highest BCUT2D eigenvalue weighted by atomic mass is 15.0. The molecule has 0 bridgehead atoms. The van der Waals surface area contributed by atoms with Crippen LogP contribution in [0.2, 0.25) is 0 Å². The Kier molecular flexibility index (Phi) is 4.87. The fraction of sp³-hybridized carbons (Fsp3) is 0.100. The highest BCUT2D eigenvalue weighted by molar-refractivity contribution is 5.71. The van der Waals surface area contributed by atoms with Crippen LogP contribution in [0.25, 0.3) is 16.8 Å². The van der Waals surface area contributed by atoms with Gasteiger partial charge in [0.05, 0.1) is 17.1 Å². The minimum atomic E-state index is 1.01. The van der Waals surface area contributed by atoms with Gasteiger partial charge in [-0.1, -0.05) is 42.5 Å². The van der Waals surface area contributed by atoms with Crippen LogP contribution in [0.3, 0.4) is 0 Å². The molecule has 0 unspecified atom stereocenters. The Labute approximate surface area is 142 Å². The number of nitrogens with one attached hydrogen (secondary N) is 2. The summed E-state index contributed by atoms with van der Waals surface area (Å²) in [6.07, 6.45) is 15.3. The second kappa shape index (κ2) is 7.42. The van der Waals surface area contributed by atoms with E-state index in [9.17, 15) is 0 Å². The Morgan fingerprint density at radius 1 is 0.875 bits per heavy atom. The van der Waals surface area contributed by atoms with Gasteiger partial charge in [-0.2, -0.15) is 0 Å². The predicted octanol–water partition coefficient (Wildman–Crippen LogP) is 4.00. The van der Waals surface area contributed by atoms with E-state index in [2.05, 4.69) is 50.9 Å². The van der Waals surface area contributed by atoms with Gasteiger partial charge in [-0.05, 0) is 31.1 Å². The SMILES string of the molecule is C\C=C/C=C1/NC=C(c2ccc(-c3cncnc3)cc2)N/C1=C/C. The summed E-state index contributed by atoms with van der Waals surface area (Å²) in [5, 5.41) is 6.82. The molecule has 24 heavy (non-hydrogen) atoms. The number of aromatic nitrogens is 2. The average molecular weight is 316 g/mol. The molecule has 0 saturated carbocycles. The first-order valence-corrected chi connectivity index (χ1v) is 7.91. The molecule has 120 valence electrons. The summed E-state index contributed by atoms with van der Waals surface area (Å²) in [7, 11) is 0. The van der Waals surface area contributed by atoms with Crippen molar-refractivity contribution >= 4 is 5.70 Å². The summed E-state index contributed by atoms with van der Waals surface area (Å²) in [6, 6.07) is 8.35. The van der Waals surface area contributed by atoms with Crippen LogP contribution in [-0.4, -0.2) is 9.97 Å². The summed E-state index contributed by atoms with van der Waals surface area (Å²) < 4.78 is 0. The maximum Gasteiger partial charge on any atom is 0.115 e. The summed E-state index contributed by atoms with van der Waals surface area (Å²) >= 11 is 0. The fourth-order valence-electron chi connectivity index (χ4n) is 2.48. The highest BCUT2D eigenvalue weighted by Gasteiger charge is 2.12. The Bertz CT molecular complexity index is 812. The first-order chi connectivity index (χ1) is 11.8. The van der Waals surface area contributed by atoms with Gasteiger partial charge in [-0.3, -0.25) is 0 Å². The van der Waals surface area contributed by atoms with E-state index in [0.717, 1.165) is 33.8 Å². The topological polar surface area (TPSA) is 49.8 Å². The van der Waals surface area contributed by atoms with Crippen molar-refractivity contribution in [2.75, 3.05) is 0 Å². The van der Waals surface area contributed by atoms with Gasteiger partial charge < -0.3 is 10.6 Å². The van der Waals surface area contributed by atoms with Gasteiger partial charge in [0.1, 0.15) is 6.33 Å². The van der Waals surface area contributed by atoms with Crippen LogP contribution in [-0.2, 0) is 0 Å². The Morgan fingerprint density at radius 2 is 1.58 bits per heavy atom. The molecule has 2 aromatic rings. The van der Waals surface area contributed by atoms with E-state index in [-0.39, 0.29) is 0 Å². The van der Waals surface area contributed by atoms with Gasteiger partial charge in [0.25, 0.3) is 0 Å². The van der Waals surface area contributed by atoms with Crippen LogP contribution < -0.4 is 10.6 Å². The van der Waals surface area contributed by atoms with Crippen molar-refractivity contribution in [1.29, 1.82) is 0 Å². The van der Waals surface area contributed by atoms with Crippen LogP contribution in [0.15, 0.2) is 84.9 Å². The van der Waals surface area contributed by atoms with E-state index < -0.39 is 0 Å². The first kappa shape index (κ1) is 15.7. The molecule has 0 amide bonds. The summed E-state index contributed by atoms with van der Waals surface area (Å²) in [5.41, 5.74) is 6.38. The molecule has 0 radical (unpaired) electrons. The summed E-state index contributed by atoms with van der Waals surface area (Å²) in [5.74, 6) is 0. The second-order valence-electron chi connectivity index (χ2n) is 5.34. The molecule has 0 spiro atoms. The van der Waals surface area contributed by atoms with Gasteiger partial charge in [0, 0.05) is 24.2 Å². The number of hydrogen-bond acceptors (Lipinski definition) is 4. The third-order valence-corrected chi connectivity index (χ3v) is 3.77. The maximum atomic E-state index is 4.06. The number of rotatable bonds is 3. The third kappa shape index (κ3) is 3.43. The van der Waals surface area contributed by atoms with Crippen molar-refractivity contribution in [3.63, 3.8) is 0 Å². The summed E-state index contributed by atoms with van der Waals surface area (Å²) in [4.78, 5) is 8.13. The van der Waals surface area contributed by atoms with Crippen LogP contribution in [0.5, 0.6) is 0 Å². The van der Waals surface area contributed by atoms with E-state index in [1.165, 1.54) is 6.33 Å². The van der Waals surface area contributed by atoms with Crippen molar-refractivity contribution in [2.24, 2.45) is 0 Å². The largest absolute Gasteiger partial charge is 0.358 e. The number of benzene rings is 1. The molecule has 1 aromatic carbocycles. The molecular formula is C20H20N4. The Hall–Kier alpha value is -3.14. The van der Waals surface area contributed by atoms with Crippen molar-refractivity contribution < 1.29 is 0 Å². The lowest BCUT2D eigenvalue weighted by Gasteiger charge is -2.23. The highest BCUT2D eigenvalue weighted by Crippen LogP contribution is 2.23. The smallest absolute Gasteiger partial charge is 0.115 e. The van der Waals surface area contributed by atoms with Crippen molar-refractivity contribution in [3.05, 3.63) is 90.4 Å². The van der Waals surface area contributed by atoms with Gasteiger partial charge >= 0.3 is 0 Å². The van der Waals surface area contributed by atoms with E-state index in [1.54, 1.807) is 0 Å². The van der Waals surface area contributed by atoms with Gasteiger partial charge in [0.2, 0.25) is 0 Å². The van der Waals surface area contributed by atoms with Crippen LogP contribution >= 0.6 is 0 Å². The molecule has 2 heterocycles. The predicted molar refractivity (Wildman–Crippen MR) is 98.4 cm³/mol. The van der Waals surface area contributed by atoms with Crippen molar-refractivity contribution in [2.45, 2.75) is 13.8 Å². The van der Waals surface area contributed by atoms with Gasteiger partial charge in [-0.25, -0.2) is 9.97 Å². The van der Waals surface area contributed by atoms with Crippen molar-refractivity contribution in [3.8, 4) is 11.1 Å². The molecule has 0 atom stereocenters.